The summed E-state index contributed by atoms with van der Waals surface area (Å²) in [7, 11) is 0. The highest BCUT2D eigenvalue weighted by atomic mass is 16.5. The van der Waals surface area contributed by atoms with Crippen LogP contribution in [-0.2, 0) is 9.53 Å². The smallest absolute Gasteiger partial charge is 0.330 e. The summed E-state index contributed by atoms with van der Waals surface area (Å²) in [5.41, 5.74) is 0. The van der Waals surface area contributed by atoms with Crippen molar-refractivity contribution in [3.8, 4) is 0 Å². The Balaban J connectivity index is 2.26. The number of hydrogen-bond donors (Lipinski definition) is 1. The molecular formula is C11H19NO3. The zero-order chi connectivity index (χ0) is 11.1. The fourth-order valence-corrected chi connectivity index (χ4v) is 1.82. The van der Waals surface area contributed by atoms with E-state index in [1.165, 1.54) is 6.08 Å². The Labute approximate surface area is 90.5 Å². The molecule has 0 bridgehead atoms. The number of nitrogens with zero attached hydrogens (tertiary/aromatic N) is 1. The van der Waals surface area contributed by atoms with E-state index in [0.717, 1.165) is 19.4 Å². The first-order chi connectivity index (χ1) is 7.27. The Hall–Kier alpha value is -0.870. The van der Waals surface area contributed by atoms with Crippen molar-refractivity contribution >= 4 is 5.97 Å². The molecule has 1 aliphatic heterocycles. The van der Waals surface area contributed by atoms with Gasteiger partial charge in [0, 0.05) is 18.7 Å². The number of hydrogen-bond acceptors (Lipinski definition) is 4. The normalized spacial score (nSPS) is 22.4. The van der Waals surface area contributed by atoms with Gasteiger partial charge >= 0.3 is 5.97 Å². The highest BCUT2D eigenvalue weighted by Crippen LogP contribution is 2.15. The van der Waals surface area contributed by atoms with Gasteiger partial charge in [-0.25, -0.2) is 4.79 Å². The molecule has 0 aliphatic carbocycles. The molecule has 0 aromatic rings. The summed E-state index contributed by atoms with van der Waals surface area (Å²) >= 11 is 0. The third-order valence-electron chi connectivity index (χ3n) is 2.59. The van der Waals surface area contributed by atoms with Crippen molar-refractivity contribution in [3.63, 3.8) is 0 Å². The number of aliphatic hydroxyl groups excluding tert-OH is 1. The molecule has 1 aliphatic rings. The van der Waals surface area contributed by atoms with Crippen molar-refractivity contribution in [1.29, 1.82) is 0 Å². The zero-order valence-corrected chi connectivity index (χ0v) is 9.19. The largest absolute Gasteiger partial charge is 0.463 e. The van der Waals surface area contributed by atoms with Crippen molar-refractivity contribution in [2.45, 2.75) is 25.8 Å². The van der Waals surface area contributed by atoms with Crippen LogP contribution < -0.4 is 0 Å². The van der Waals surface area contributed by atoms with Gasteiger partial charge in [0.15, 0.2) is 0 Å². The Kier molecular flexibility index (Phi) is 5.36. The molecule has 0 aromatic heterocycles. The summed E-state index contributed by atoms with van der Waals surface area (Å²) < 4.78 is 4.77. The second-order valence-corrected chi connectivity index (χ2v) is 3.63. The standard InChI is InChI=1S/C11H19NO3/c1-2-15-11(14)6-4-8-12-7-3-5-10(12)9-13/h4,6,10,13H,2-3,5,7-9H2,1H3/b6-4+. The van der Waals surface area contributed by atoms with Crippen LogP contribution in [0.2, 0.25) is 0 Å². The predicted molar refractivity (Wildman–Crippen MR) is 57.5 cm³/mol. The molecule has 4 nitrogen and oxygen atoms in total. The van der Waals surface area contributed by atoms with Crippen LogP contribution in [0, 0.1) is 0 Å². The topological polar surface area (TPSA) is 49.8 Å². The number of carbonyl (C=O) groups excluding carboxylic acids is 1. The fourth-order valence-electron chi connectivity index (χ4n) is 1.82. The molecular weight excluding hydrogens is 194 g/mol. The molecule has 86 valence electrons. The van der Waals surface area contributed by atoms with E-state index >= 15 is 0 Å². The molecule has 0 saturated carbocycles. The van der Waals surface area contributed by atoms with Gasteiger partial charge in [-0.15, -0.1) is 0 Å². The van der Waals surface area contributed by atoms with Gasteiger partial charge in [-0.2, -0.15) is 0 Å². The molecule has 0 spiro atoms. The first kappa shape index (κ1) is 12.2. The summed E-state index contributed by atoms with van der Waals surface area (Å²) in [6.07, 6.45) is 5.42. The van der Waals surface area contributed by atoms with Crippen LogP contribution in [0.4, 0.5) is 0 Å². The summed E-state index contributed by atoms with van der Waals surface area (Å²) in [6, 6.07) is 0.261. The van der Waals surface area contributed by atoms with Crippen molar-refractivity contribution in [2.75, 3.05) is 26.3 Å². The number of likely N-dealkylation sites (tertiary alicyclic amines) is 1. The molecule has 1 saturated heterocycles. The lowest BCUT2D eigenvalue weighted by molar-refractivity contribution is -0.137. The van der Waals surface area contributed by atoms with E-state index < -0.39 is 0 Å². The average Bonchev–Trinajstić information content (AvgIpc) is 2.66. The number of carbonyl (C=O) groups is 1. The maximum absolute atomic E-state index is 11.0. The minimum atomic E-state index is -0.294. The monoisotopic (exact) mass is 213 g/mol. The third-order valence-corrected chi connectivity index (χ3v) is 2.59. The highest BCUT2D eigenvalue weighted by Gasteiger charge is 2.21. The molecule has 4 heteroatoms. The van der Waals surface area contributed by atoms with Crippen LogP contribution in [0.3, 0.4) is 0 Å². The van der Waals surface area contributed by atoms with Crippen molar-refractivity contribution < 1.29 is 14.6 Å². The number of ether oxygens (including phenoxy) is 1. The van der Waals surface area contributed by atoms with Crippen LogP contribution in [0.5, 0.6) is 0 Å². The Morgan fingerprint density at radius 3 is 3.13 bits per heavy atom. The van der Waals surface area contributed by atoms with E-state index in [0.29, 0.717) is 13.2 Å². The molecule has 1 rings (SSSR count). The minimum Gasteiger partial charge on any atom is -0.463 e. The fraction of sp³-hybridized carbons (Fsp3) is 0.727. The molecule has 0 amide bonds. The summed E-state index contributed by atoms with van der Waals surface area (Å²) in [5, 5.41) is 9.07. The SMILES string of the molecule is CCOC(=O)/C=C/CN1CCCC1CO. The van der Waals surface area contributed by atoms with Gasteiger partial charge in [0.1, 0.15) is 0 Å². The van der Waals surface area contributed by atoms with Crippen LogP contribution in [-0.4, -0.2) is 48.3 Å². The van der Waals surface area contributed by atoms with Crippen LogP contribution >= 0.6 is 0 Å². The minimum absolute atomic E-state index is 0.202. The van der Waals surface area contributed by atoms with E-state index in [1.54, 1.807) is 13.0 Å². The summed E-state index contributed by atoms with van der Waals surface area (Å²) in [5.74, 6) is -0.294. The van der Waals surface area contributed by atoms with Gasteiger partial charge < -0.3 is 9.84 Å². The Bertz CT molecular complexity index is 228. The quantitative estimate of drug-likeness (QED) is 0.535. The molecule has 1 N–H and O–H groups in total. The molecule has 1 heterocycles. The van der Waals surface area contributed by atoms with E-state index in [2.05, 4.69) is 4.90 Å². The lowest BCUT2D eigenvalue weighted by Crippen LogP contribution is -2.32. The molecule has 0 radical (unpaired) electrons. The van der Waals surface area contributed by atoms with Gasteiger partial charge in [-0.3, -0.25) is 4.90 Å². The molecule has 0 aromatic carbocycles. The molecule has 1 atom stereocenters. The van der Waals surface area contributed by atoms with Crippen molar-refractivity contribution in [3.05, 3.63) is 12.2 Å². The second kappa shape index (κ2) is 6.58. The van der Waals surface area contributed by atoms with Crippen LogP contribution in [0.25, 0.3) is 0 Å². The molecule has 15 heavy (non-hydrogen) atoms. The summed E-state index contributed by atoms with van der Waals surface area (Å²) in [6.45, 7) is 4.11. The van der Waals surface area contributed by atoms with E-state index in [1.807, 2.05) is 0 Å². The summed E-state index contributed by atoms with van der Waals surface area (Å²) in [4.78, 5) is 13.2. The first-order valence-electron chi connectivity index (χ1n) is 5.46. The Morgan fingerprint density at radius 2 is 2.47 bits per heavy atom. The predicted octanol–water partition coefficient (Wildman–Crippen LogP) is 0.562. The number of esters is 1. The van der Waals surface area contributed by atoms with Gasteiger partial charge in [0.25, 0.3) is 0 Å². The molecule has 1 fully saturated rings. The second-order valence-electron chi connectivity index (χ2n) is 3.63. The average molecular weight is 213 g/mol. The van der Waals surface area contributed by atoms with E-state index in [-0.39, 0.29) is 18.6 Å². The van der Waals surface area contributed by atoms with Crippen LogP contribution in [0.15, 0.2) is 12.2 Å². The zero-order valence-electron chi connectivity index (χ0n) is 9.19. The maximum Gasteiger partial charge on any atom is 0.330 e. The third kappa shape index (κ3) is 4.01. The van der Waals surface area contributed by atoms with Gasteiger partial charge in [0.2, 0.25) is 0 Å². The highest BCUT2D eigenvalue weighted by molar-refractivity contribution is 5.81. The lowest BCUT2D eigenvalue weighted by Gasteiger charge is -2.20. The lowest BCUT2D eigenvalue weighted by atomic mass is 10.2. The molecule has 1 unspecified atom stereocenters. The number of rotatable bonds is 5. The Morgan fingerprint density at radius 1 is 1.67 bits per heavy atom. The van der Waals surface area contributed by atoms with E-state index in [9.17, 15) is 4.79 Å². The van der Waals surface area contributed by atoms with Gasteiger partial charge in [-0.1, -0.05) is 6.08 Å². The first-order valence-corrected chi connectivity index (χ1v) is 5.46. The number of aliphatic hydroxyl groups is 1. The van der Waals surface area contributed by atoms with E-state index in [4.69, 9.17) is 9.84 Å². The van der Waals surface area contributed by atoms with Crippen molar-refractivity contribution in [1.82, 2.24) is 4.90 Å². The van der Waals surface area contributed by atoms with Crippen LogP contribution in [0.1, 0.15) is 19.8 Å². The van der Waals surface area contributed by atoms with Gasteiger partial charge in [0.05, 0.1) is 13.2 Å². The maximum atomic E-state index is 11.0. The van der Waals surface area contributed by atoms with Crippen molar-refractivity contribution in [2.24, 2.45) is 0 Å². The van der Waals surface area contributed by atoms with Gasteiger partial charge in [-0.05, 0) is 26.3 Å².